The molecule has 82 valence electrons. The zero-order valence-electron chi connectivity index (χ0n) is 9.79. The predicted molar refractivity (Wildman–Crippen MR) is 66.7 cm³/mol. The number of aryl methyl sites for hydroxylation is 3. The van der Waals surface area contributed by atoms with E-state index in [0.717, 1.165) is 17.0 Å². The van der Waals surface area contributed by atoms with E-state index in [0.29, 0.717) is 0 Å². The van der Waals surface area contributed by atoms with Crippen LogP contribution < -0.4 is 5.43 Å². The van der Waals surface area contributed by atoms with E-state index in [1.54, 1.807) is 12.1 Å². The molecule has 1 N–H and O–H groups in total. The first kappa shape index (κ1) is 10.7. The van der Waals surface area contributed by atoms with Gasteiger partial charge in [-0.15, -0.1) is 0 Å². The lowest BCUT2D eigenvalue weighted by Gasteiger charge is -2.06. The minimum atomic E-state index is 0.0467. The van der Waals surface area contributed by atoms with Crippen molar-refractivity contribution in [2.24, 2.45) is 0 Å². The Morgan fingerprint density at radius 3 is 2.06 bits per heavy atom. The van der Waals surface area contributed by atoms with Crippen LogP contribution in [0.5, 0.6) is 0 Å². The van der Waals surface area contributed by atoms with Gasteiger partial charge in [-0.25, -0.2) is 0 Å². The average molecular weight is 213 g/mol. The summed E-state index contributed by atoms with van der Waals surface area (Å²) in [5.41, 5.74) is 5.30. The maximum absolute atomic E-state index is 11.4. The molecular formula is C14H15NO. The molecule has 1 heterocycles. The molecule has 0 radical (unpaired) electrons. The Morgan fingerprint density at radius 1 is 0.875 bits per heavy atom. The van der Waals surface area contributed by atoms with Crippen LogP contribution in [-0.4, -0.2) is 4.98 Å². The van der Waals surface area contributed by atoms with Crippen molar-refractivity contribution in [1.82, 2.24) is 4.98 Å². The minimum absolute atomic E-state index is 0.0467. The predicted octanol–water partition coefficient (Wildman–Crippen LogP) is 2.97. The summed E-state index contributed by atoms with van der Waals surface area (Å²) in [7, 11) is 0. The van der Waals surface area contributed by atoms with Crippen LogP contribution in [0, 0.1) is 20.8 Å². The van der Waals surface area contributed by atoms with Crippen molar-refractivity contribution in [2.75, 3.05) is 0 Å². The Bertz CT molecular complexity index is 561. The summed E-state index contributed by atoms with van der Waals surface area (Å²) < 4.78 is 0. The van der Waals surface area contributed by atoms with E-state index >= 15 is 0 Å². The van der Waals surface area contributed by atoms with Gasteiger partial charge in [0.2, 0.25) is 0 Å². The topological polar surface area (TPSA) is 32.9 Å². The van der Waals surface area contributed by atoms with Gasteiger partial charge in [-0.2, -0.15) is 0 Å². The van der Waals surface area contributed by atoms with Gasteiger partial charge in [-0.3, -0.25) is 4.79 Å². The third-order valence-electron chi connectivity index (χ3n) is 2.51. The van der Waals surface area contributed by atoms with Crippen LogP contribution in [0.15, 0.2) is 35.1 Å². The van der Waals surface area contributed by atoms with E-state index in [4.69, 9.17) is 0 Å². The SMILES string of the molecule is Cc1cc(C)cc(-c2cc(=O)cc(C)[nH]2)c1. The molecule has 0 atom stereocenters. The molecule has 2 heteroatoms. The highest BCUT2D eigenvalue weighted by Gasteiger charge is 2.01. The highest BCUT2D eigenvalue weighted by Crippen LogP contribution is 2.19. The fraction of sp³-hybridized carbons (Fsp3) is 0.214. The Labute approximate surface area is 95.0 Å². The fourth-order valence-corrected chi connectivity index (χ4v) is 1.97. The smallest absolute Gasteiger partial charge is 0.182 e. The van der Waals surface area contributed by atoms with E-state index in [-0.39, 0.29) is 5.43 Å². The van der Waals surface area contributed by atoms with Gasteiger partial charge in [0.15, 0.2) is 5.43 Å². The lowest BCUT2D eigenvalue weighted by molar-refractivity contribution is 1.18. The lowest BCUT2D eigenvalue weighted by atomic mass is 10.0. The summed E-state index contributed by atoms with van der Waals surface area (Å²) in [6.45, 7) is 6.02. The molecule has 1 aromatic heterocycles. The molecule has 0 aliphatic carbocycles. The quantitative estimate of drug-likeness (QED) is 0.776. The molecule has 1 aromatic carbocycles. The Kier molecular flexibility index (Phi) is 2.65. The number of hydrogen-bond acceptors (Lipinski definition) is 1. The van der Waals surface area contributed by atoms with Gasteiger partial charge >= 0.3 is 0 Å². The number of nitrogens with one attached hydrogen (secondary N) is 1. The van der Waals surface area contributed by atoms with Crippen LogP contribution in [0.4, 0.5) is 0 Å². The second kappa shape index (κ2) is 3.97. The molecular weight excluding hydrogens is 198 g/mol. The molecule has 16 heavy (non-hydrogen) atoms. The molecule has 2 nitrogen and oxygen atoms in total. The van der Waals surface area contributed by atoms with E-state index in [1.807, 2.05) is 6.92 Å². The number of rotatable bonds is 1. The summed E-state index contributed by atoms with van der Waals surface area (Å²) in [4.78, 5) is 14.7. The molecule has 0 saturated heterocycles. The van der Waals surface area contributed by atoms with E-state index in [1.165, 1.54) is 11.1 Å². The highest BCUT2D eigenvalue weighted by atomic mass is 16.1. The summed E-state index contributed by atoms with van der Waals surface area (Å²) in [6.07, 6.45) is 0. The number of hydrogen-bond donors (Lipinski definition) is 1. The third kappa shape index (κ3) is 2.22. The highest BCUT2D eigenvalue weighted by molar-refractivity contribution is 5.61. The van der Waals surface area contributed by atoms with Gasteiger partial charge < -0.3 is 4.98 Å². The molecule has 0 fully saturated rings. The standard InChI is InChI=1S/C14H15NO/c1-9-4-10(2)6-12(5-9)14-8-13(16)7-11(3)15-14/h4-8H,1-3H3,(H,15,16). The second-order valence-electron chi connectivity index (χ2n) is 4.29. The number of pyridine rings is 1. The second-order valence-corrected chi connectivity index (χ2v) is 4.29. The summed E-state index contributed by atoms with van der Waals surface area (Å²) in [6, 6.07) is 9.53. The molecule has 0 bridgehead atoms. The van der Waals surface area contributed by atoms with Gasteiger partial charge in [0.25, 0.3) is 0 Å². The van der Waals surface area contributed by atoms with Crippen LogP contribution in [0.25, 0.3) is 11.3 Å². The van der Waals surface area contributed by atoms with Crippen LogP contribution in [0.2, 0.25) is 0 Å². The first-order valence-electron chi connectivity index (χ1n) is 5.34. The van der Waals surface area contributed by atoms with Crippen molar-refractivity contribution in [3.63, 3.8) is 0 Å². The van der Waals surface area contributed by atoms with Crippen molar-refractivity contribution in [2.45, 2.75) is 20.8 Å². The first-order chi connectivity index (χ1) is 7.54. The fourth-order valence-electron chi connectivity index (χ4n) is 1.97. The maximum atomic E-state index is 11.4. The molecule has 0 amide bonds. The van der Waals surface area contributed by atoms with E-state index < -0.39 is 0 Å². The van der Waals surface area contributed by atoms with Crippen LogP contribution in [0.1, 0.15) is 16.8 Å². The zero-order valence-corrected chi connectivity index (χ0v) is 9.79. The van der Waals surface area contributed by atoms with E-state index in [2.05, 4.69) is 37.0 Å². The zero-order chi connectivity index (χ0) is 11.7. The number of aromatic amines is 1. The van der Waals surface area contributed by atoms with Gasteiger partial charge in [-0.05, 0) is 38.5 Å². The monoisotopic (exact) mass is 213 g/mol. The molecule has 0 unspecified atom stereocenters. The molecule has 0 aliphatic heterocycles. The molecule has 2 rings (SSSR count). The average Bonchev–Trinajstić information content (AvgIpc) is 2.14. The number of aromatic nitrogens is 1. The molecule has 0 spiro atoms. The molecule has 2 aromatic rings. The molecule has 0 aliphatic rings. The summed E-state index contributed by atoms with van der Waals surface area (Å²) in [5, 5.41) is 0. The van der Waals surface area contributed by atoms with Crippen LogP contribution >= 0.6 is 0 Å². The van der Waals surface area contributed by atoms with Gasteiger partial charge in [0.05, 0.1) is 0 Å². The largest absolute Gasteiger partial charge is 0.358 e. The van der Waals surface area contributed by atoms with Crippen LogP contribution in [-0.2, 0) is 0 Å². The van der Waals surface area contributed by atoms with Crippen molar-refractivity contribution in [3.8, 4) is 11.3 Å². The summed E-state index contributed by atoms with van der Waals surface area (Å²) >= 11 is 0. The van der Waals surface area contributed by atoms with Gasteiger partial charge in [0.1, 0.15) is 0 Å². The van der Waals surface area contributed by atoms with Crippen LogP contribution in [0.3, 0.4) is 0 Å². The Balaban J connectivity index is 2.62. The first-order valence-corrected chi connectivity index (χ1v) is 5.34. The van der Waals surface area contributed by atoms with Gasteiger partial charge in [-0.1, -0.05) is 17.2 Å². The Morgan fingerprint density at radius 2 is 1.50 bits per heavy atom. The third-order valence-corrected chi connectivity index (χ3v) is 2.51. The Hall–Kier alpha value is -1.83. The van der Waals surface area contributed by atoms with Crippen molar-refractivity contribution >= 4 is 0 Å². The van der Waals surface area contributed by atoms with Crippen molar-refractivity contribution in [3.05, 3.63) is 57.4 Å². The summed E-state index contributed by atoms with van der Waals surface area (Å²) in [5.74, 6) is 0. The minimum Gasteiger partial charge on any atom is -0.358 e. The van der Waals surface area contributed by atoms with E-state index in [9.17, 15) is 4.79 Å². The maximum Gasteiger partial charge on any atom is 0.182 e. The number of benzene rings is 1. The number of H-pyrrole nitrogens is 1. The van der Waals surface area contributed by atoms with Crippen molar-refractivity contribution in [1.29, 1.82) is 0 Å². The normalized spacial score (nSPS) is 10.4. The lowest BCUT2D eigenvalue weighted by Crippen LogP contribution is -2.01. The van der Waals surface area contributed by atoms with Crippen molar-refractivity contribution < 1.29 is 0 Å². The van der Waals surface area contributed by atoms with Gasteiger partial charge in [0, 0.05) is 23.5 Å². The molecule has 0 saturated carbocycles.